The summed E-state index contributed by atoms with van der Waals surface area (Å²) in [7, 11) is 0. The second-order valence-electron chi connectivity index (χ2n) is 10.5. The largest absolute Gasteiger partial charge is 0.512 e. The number of benzene rings is 3. The van der Waals surface area contributed by atoms with Gasteiger partial charge in [-0.05, 0) is 76.2 Å². The Labute approximate surface area is 240 Å². The van der Waals surface area contributed by atoms with E-state index in [9.17, 15) is 9.18 Å². The van der Waals surface area contributed by atoms with E-state index in [1.165, 1.54) is 35.8 Å². The van der Waals surface area contributed by atoms with Crippen LogP contribution in [-0.2, 0) is 30.3 Å². The molecule has 0 amide bonds. The van der Waals surface area contributed by atoms with E-state index in [-0.39, 0.29) is 42.9 Å². The van der Waals surface area contributed by atoms with Crippen molar-refractivity contribution in [3.63, 3.8) is 0 Å². The van der Waals surface area contributed by atoms with Crippen LogP contribution in [0.25, 0.3) is 42.9 Å². The molecule has 2 heterocycles. The van der Waals surface area contributed by atoms with Crippen molar-refractivity contribution in [1.29, 1.82) is 0 Å². The van der Waals surface area contributed by atoms with Gasteiger partial charge in [0.2, 0.25) is 0 Å². The van der Waals surface area contributed by atoms with Crippen LogP contribution in [0.1, 0.15) is 50.6 Å². The minimum Gasteiger partial charge on any atom is -0.512 e. The molecule has 199 valence electrons. The maximum absolute atomic E-state index is 14.7. The maximum atomic E-state index is 14.7. The molecule has 3 aromatic carbocycles. The number of aliphatic hydroxyl groups excluding tert-OH is 1. The summed E-state index contributed by atoms with van der Waals surface area (Å²) >= 11 is 1.77. The number of hydrogen-bond acceptors (Lipinski definition) is 4. The number of aryl methyl sites for hydroxylation is 2. The molecule has 0 fully saturated rings. The third-order valence-corrected chi connectivity index (χ3v) is 7.19. The molecule has 0 atom stereocenters. The summed E-state index contributed by atoms with van der Waals surface area (Å²) in [6.07, 6.45) is 2.99. The summed E-state index contributed by atoms with van der Waals surface area (Å²) in [6, 6.07) is 17.8. The summed E-state index contributed by atoms with van der Waals surface area (Å²) in [5, 5.41) is 13.3. The zero-order valence-corrected chi connectivity index (χ0v) is 25.8. The maximum Gasteiger partial charge on any atom is 0.155 e. The van der Waals surface area contributed by atoms with E-state index in [1.54, 1.807) is 18.3 Å². The number of pyridine rings is 1. The van der Waals surface area contributed by atoms with Crippen LogP contribution >= 0.6 is 11.3 Å². The Morgan fingerprint density at radius 2 is 1.61 bits per heavy atom. The van der Waals surface area contributed by atoms with Gasteiger partial charge in [0.05, 0.1) is 5.76 Å². The Balaban J connectivity index is 0.000000444. The van der Waals surface area contributed by atoms with Crippen molar-refractivity contribution in [2.45, 2.75) is 53.9 Å². The third-order valence-electron chi connectivity index (χ3n) is 6.23. The topological polar surface area (TPSA) is 50.2 Å². The Morgan fingerprint density at radius 3 is 2.21 bits per heavy atom. The van der Waals surface area contributed by atoms with Crippen LogP contribution in [-0.4, -0.2) is 15.9 Å². The first kappa shape index (κ1) is 29.6. The molecule has 1 N–H and O–H groups in total. The van der Waals surface area contributed by atoms with Crippen molar-refractivity contribution in [2.24, 2.45) is 0 Å². The Kier molecular flexibility index (Phi) is 8.93. The summed E-state index contributed by atoms with van der Waals surface area (Å²) in [5.41, 5.74) is 3.86. The minimum absolute atomic E-state index is 0. The molecule has 6 heteroatoms. The van der Waals surface area contributed by atoms with Crippen LogP contribution in [0.2, 0.25) is 0 Å². The molecular formula is C32H31FIrNO2S-. The van der Waals surface area contributed by atoms with Gasteiger partial charge in [0, 0.05) is 37.8 Å². The first-order valence-corrected chi connectivity index (χ1v) is 13.0. The molecule has 5 rings (SSSR count). The van der Waals surface area contributed by atoms with E-state index in [0.717, 1.165) is 32.1 Å². The number of nitrogens with zero attached hydrogens (tertiary/aromatic N) is 1. The molecule has 0 spiro atoms. The van der Waals surface area contributed by atoms with Gasteiger partial charge < -0.3 is 10.1 Å². The van der Waals surface area contributed by atoms with Gasteiger partial charge in [0.1, 0.15) is 5.82 Å². The number of fused-ring (bicyclic) bond motifs is 4. The molecule has 5 aromatic rings. The molecule has 1 radical (unpaired) electrons. The van der Waals surface area contributed by atoms with Crippen molar-refractivity contribution >= 4 is 48.8 Å². The number of aliphatic hydroxyl groups is 1. The normalized spacial score (nSPS) is 11.8. The molecule has 0 aliphatic carbocycles. The van der Waals surface area contributed by atoms with Crippen molar-refractivity contribution in [3.8, 4) is 11.3 Å². The Morgan fingerprint density at radius 1 is 0.974 bits per heavy atom. The number of allylic oxidation sites excluding steroid dienone is 2. The predicted octanol–water partition coefficient (Wildman–Crippen LogP) is 9.16. The van der Waals surface area contributed by atoms with Gasteiger partial charge in [-0.15, -0.1) is 23.3 Å². The number of ketones is 1. The molecule has 38 heavy (non-hydrogen) atoms. The average Bonchev–Trinajstić information content (AvgIpc) is 3.18. The Hall–Kier alpha value is -2.92. The van der Waals surface area contributed by atoms with Crippen molar-refractivity contribution in [2.75, 3.05) is 0 Å². The third kappa shape index (κ3) is 6.04. The molecule has 0 saturated heterocycles. The van der Waals surface area contributed by atoms with Gasteiger partial charge in [-0.3, -0.25) is 4.79 Å². The number of thiophene rings is 1. The van der Waals surface area contributed by atoms with Crippen molar-refractivity contribution in [3.05, 3.63) is 88.4 Å². The van der Waals surface area contributed by atoms with Gasteiger partial charge >= 0.3 is 0 Å². The van der Waals surface area contributed by atoms with Crippen LogP contribution in [0.3, 0.4) is 0 Å². The molecule has 0 saturated carbocycles. The Bertz CT molecular complexity index is 1690. The summed E-state index contributed by atoms with van der Waals surface area (Å²) in [4.78, 5) is 16.0. The number of carbonyl (C=O) groups excluding carboxylic acids is 1. The molecule has 2 aromatic heterocycles. The first-order valence-electron chi connectivity index (χ1n) is 12.2. The van der Waals surface area contributed by atoms with E-state index in [0.29, 0.717) is 10.9 Å². The van der Waals surface area contributed by atoms with E-state index in [2.05, 4.69) is 45.9 Å². The van der Waals surface area contributed by atoms with Gasteiger partial charge in [0.15, 0.2) is 5.78 Å². The smallest absolute Gasteiger partial charge is 0.155 e. The molecule has 0 aliphatic heterocycles. The van der Waals surface area contributed by atoms with Crippen LogP contribution < -0.4 is 0 Å². The zero-order chi connectivity index (χ0) is 27.1. The molecule has 0 bridgehead atoms. The van der Waals surface area contributed by atoms with Gasteiger partial charge in [-0.25, -0.2) is 4.39 Å². The standard InChI is InChI=1S/C27H23FNS.C5H8O2.Ir/c1-15-6-7-18-19-10-11-29-26(21(19)9-8-20(18)25(15)28)17-13-23(27(3,4)5)22-12-16(2)30-24(22)14-17;1-4(6)3-5(2)7;/h6-13H,1-5H3;3,6H,1-2H3;/q-1;;/b;4-3-;. The first-order chi connectivity index (χ1) is 17.4. The van der Waals surface area contributed by atoms with E-state index < -0.39 is 0 Å². The number of aromatic nitrogens is 1. The zero-order valence-electron chi connectivity index (χ0n) is 22.6. The fourth-order valence-corrected chi connectivity index (χ4v) is 5.53. The van der Waals surface area contributed by atoms with E-state index in [4.69, 9.17) is 10.1 Å². The van der Waals surface area contributed by atoms with Crippen molar-refractivity contribution in [1.82, 2.24) is 4.98 Å². The SMILES string of the molecule is CC(=O)/C=C(/C)O.Cc1cc2c(C(C)(C)C)cc(-c3nccc4c3ccc3c(F)c(C)ccc34)[c-]c2s1.[Ir]. The number of rotatable bonds is 2. The molecule has 0 unspecified atom stereocenters. The second kappa shape index (κ2) is 11.4. The van der Waals surface area contributed by atoms with E-state index in [1.807, 2.05) is 36.5 Å². The molecule has 3 nitrogen and oxygen atoms in total. The summed E-state index contributed by atoms with van der Waals surface area (Å²) in [5.74, 6) is -0.211. The van der Waals surface area contributed by atoms with Gasteiger partial charge in [-0.1, -0.05) is 56.5 Å². The summed E-state index contributed by atoms with van der Waals surface area (Å²) in [6.45, 7) is 13.5. The van der Waals surface area contributed by atoms with Crippen LogP contribution in [0.4, 0.5) is 4.39 Å². The van der Waals surface area contributed by atoms with Gasteiger partial charge in [0.25, 0.3) is 0 Å². The van der Waals surface area contributed by atoms with Crippen LogP contribution in [0.15, 0.2) is 60.5 Å². The fourth-order valence-electron chi connectivity index (χ4n) is 4.59. The van der Waals surface area contributed by atoms with Crippen LogP contribution in [0, 0.1) is 25.7 Å². The average molecular weight is 705 g/mol. The van der Waals surface area contributed by atoms with Crippen molar-refractivity contribution < 1.29 is 34.4 Å². The number of carbonyl (C=O) groups is 1. The predicted molar refractivity (Wildman–Crippen MR) is 154 cm³/mol. The monoisotopic (exact) mass is 705 g/mol. The quantitative estimate of drug-likeness (QED) is 0.0864. The summed E-state index contributed by atoms with van der Waals surface area (Å²) < 4.78 is 15.9. The van der Waals surface area contributed by atoms with E-state index >= 15 is 0 Å². The second-order valence-corrected chi connectivity index (χ2v) is 11.7. The fraction of sp³-hybridized carbons (Fsp3) is 0.250. The number of halogens is 1. The minimum atomic E-state index is -0.148. The molecule has 0 aliphatic rings. The van der Waals surface area contributed by atoms with Gasteiger partial charge in [-0.2, -0.15) is 11.3 Å². The van der Waals surface area contributed by atoms with Crippen LogP contribution in [0.5, 0.6) is 0 Å². The molecular weight excluding hydrogens is 674 g/mol. The number of hydrogen-bond donors (Lipinski definition) is 1.